The minimum atomic E-state index is -0.127. The Bertz CT molecular complexity index is 1450. The number of aryl methyl sites for hydroxylation is 1. The van der Waals surface area contributed by atoms with Crippen LogP contribution in [0.4, 0.5) is 0 Å². The average molecular weight is 422 g/mol. The van der Waals surface area contributed by atoms with Crippen molar-refractivity contribution in [3.63, 3.8) is 0 Å². The molecule has 0 saturated heterocycles. The van der Waals surface area contributed by atoms with Gasteiger partial charge in [-0.3, -0.25) is 4.79 Å². The fraction of sp³-hybridized carbons (Fsp3) is 0.308. The van der Waals surface area contributed by atoms with Crippen LogP contribution in [0.25, 0.3) is 16.7 Å². The first-order valence-electron chi connectivity index (χ1n) is 11.4. The van der Waals surface area contributed by atoms with E-state index in [1.807, 2.05) is 30.3 Å². The first-order valence-corrected chi connectivity index (χ1v) is 11.4. The van der Waals surface area contributed by atoms with Gasteiger partial charge in [0.15, 0.2) is 5.65 Å². The smallest absolute Gasteiger partial charge is 0.266 e. The molecule has 0 amide bonds. The van der Waals surface area contributed by atoms with Gasteiger partial charge in [0.25, 0.3) is 5.56 Å². The Hall–Kier alpha value is -3.54. The maximum absolute atomic E-state index is 13.6. The second-order valence-electron chi connectivity index (χ2n) is 9.45. The van der Waals surface area contributed by atoms with E-state index in [1.165, 1.54) is 24.8 Å². The van der Waals surface area contributed by atoms with Crippen molar-refractivity contribution in [2.24, 2.45) is 22.9 Å². The highest BCUT2D eigenvalue weighted by Gasteiger charge is 2.53. The lowest BCUT2D eigenvalue weighted by atomic mass is 9.74. The van der Waals surface area contributed by atoms with Crippen LogP contribution < -0.4 is 5.56 Å². The highest BCUT2D eigenvalue weighted by Crippen LogP contribution is 2.58. The van der Waals surface area contributed by atoms with Crippen LogP contribution in [0.1, 0.15) is 42.1 Å². The van der Waals surface area contributed by atoms with Crippen molar-refractivity contribution in [3.8, 4) is 5.69 Å². The van der Waals surface area contributed by atoms with E-state index in [4.69, 9.17) is 10.1 Å². The molecule has 0 radical (unpaired) electrons. The molecule has 6 heteroatoms. The van der Waals surface area contributed by atoms with Crippen LogP contribution in [0.15, 0.2) is 70.7 Å². The maximum Gasteiger partial charge on any atom is 0.285 e. The number of nitrogens with zero attached hydrogens (tertiary/aromatic N) is 5. The van der Waals surface area contributed by atoms with Gasteiger partial charge in [0, 0.05) is 11.8 Å². The summed E-state index contributed by atoms with van der Waals surface area (Å²) in [6, 6.07) is 18.4. The summed E-state index contributed by atoms with van der Waals surface area (Å²) < 4.78 is 3.36. The molecule has 1 aliphatic heterocycles. The van der Waals surface area contributed by atoms with Gasteiger partial charge in [-0.25, -0.2) is 9.67 Å². The summed E-state index contributed by atoms with van der Waals surface area (Å²) in [6.07, 6.45) is 5.27. The lowest BCUT2D eigenvalue weighted by molar-refractivity contribution is 0.327. The monoisotopic (exact) mass is 421 g/mol. The minimum Gasteiger partial charge on any atom is -0.266 e. The normalized spacial score (nSPS) is 25.6. The van der Waals surface area contributed by atoms with E-state index in [1.54, 1.807) is 15.6 Å². The number of rotatable bonds is 2. The molecule has 2 aromatic heterocycles. The number of fused-ring (bicyclic) bond motifs is 8. The van der Waals surface area contributed by atoms with Crippen molar-refractivity contribution in [1.82, 2.24) is 19.4 Å². The van der Waals surface area contributed by atoms with E-state index in [0.29, 0.717) is 28.8 Å². The molecule has 3 aliphatic rings. The quantitative estimate of drug-likeness (QED) is 0.485. The molecule has 32 heavy (non-hydrogen) atoms. The predicted octanol–water partition coefficient (Wildman–Crippen LogP) is 4.29. The zero-order valence-electron chi connectivity index (χ0n) is 17.8. The highest BCUT2D eigenvalue weighted by molar-refractivity contribution is 6.03. The Morgan fingerprint density at radius 1 is 0.938 bits per heavy atom. The summed E-state index contributed by atoms with van der Waals surface area (Å²) in [7, 11) is 0. The van der Waals surface area contributed by atoms with Crippen molar-refractivity contribution >= 4 is 16.7 Å². The van der Waals surface area contributed by atoms with Gasteiger partial charge in [0.05, 0.1) is 17.6 Å². The second-order valence-corrected chi connectivity index (χ2v) is 9.45. The molecule has 4 aromatic rings. The van der Waals surface area contributed by atoms with Crippen molar-refractivity contribution in [1.29, 1.82) is 0 Å². The van der Waals surface area contributed by atoms with Gasteiger partial charge < -0.3 is 0 Å². The summed E-state index contributed by atoms with van der Waals surface area (Å²) in [5.74, 6) is 2.55. The molecular weight excluding hydrogens is 398 g/mol. The SMILES string of the molecule is Cc1ccc(C2=Nn3c(nc4c(cnn4-c4ccccc4)c3=O)[C@@H]3[C@H]4CC[C@H](C4)[C@H]23)cc1. The predicted molar refractivity (Wildman–Crippen MR) is 123 cm³/mol. The van der Waals surface area contributed by atoms with Gasteiger partial charge in [-0.1, -0.05) is 48.0 Å². The number of benzene rings is 2. The fourth-order valence-corrected chi connectivity index (χ4v) is 6.25. The number of para-hydroxylation sites is 1. The molecule has 7 rings (SSSR count). The summed E-state index contributed by atoms with van der Waals surface area (Å²) in [5, 5.41) is 9.98. The zero-order valence-corrected chi connectivity index (χ0v) is 17.8. The first kappa shape index (κ1) is 18.1. The van der Waals surface area contributed by atoms with E-state index < -0.39 is 0 Å². The summed E-state index contributed by atoms with van der Waals surface area (Å²) >= 11 is 0. The molecular formula is C26H23N5O. The van der Waals surface area contributed by atoms with E-state index in [-0.39, 0.29) is 11.5 Å². The first-order chi connectivity index (χ1) is 15.7. The van der Waals surface area contributed by atoms with Crippen molar-refractivity contribution in [2.75, 3.05) is 0 Å². The van der Waals surface area contributed by atoms with E-state index in [0.717, 1.165) is 22.8 Å². The molecule has 4 atom stereocenters. The fourth-order valence-electron chi connectivity index (χ4n) is 6.25. The van der Waals surface area contributed by atoms with E-state index >= 15 is 0 Å². The van der Waals surface area contributed by atoms with Crippen molar-refractivity contribution in [2.45, 2.75) is 32.1 Å². The summed E-state index contributed by atoms with van der Waals surface area (Å²) in [6.45, 7) is 2.09. The van der Waals surface area contributed by atoms with Crippen LogP contribution in [0, 0.1) is 24.7 Å². The Kier molecular flexibility index (Phi) is 3.66. The summed E-state index contributed by atoms with van der Waals surface area (Å²) in [4.78, 5) is 18.7. The third-order valence-corrected chi connectivity index (χ3v) is 7.69. The lowest BCUT2D eigenvalue weighted by Gasteiger charge is -2.35. The lowest BCUT2D eigenvalue weighted by Crippen LogP contribution is -2.39. The summed E-state index contributed by atoms with van der Waals surface area (Å²) in [5.41, 5.74) is 4.80. The van der Waals surface area contributed by atoms with Crippen molar-refractivity contribution < 1.29 is 0 Å². The van der Waals surface area contributed by atoms with Gasteiger partial charge in [-0.05, 0) is 55.7 Å². The number of aromatic nitrogens is 4. The van der Waals surface area contributed by atoms with E-state index in [9.17, 15) is 4.79 Å². The Balaban J connectivity index is 1.49. The number of hydrogen-bond acceptors (Lipinski definition) is 4. The minimum absolute atomic E-state index is 0.127. The molecule has 2 saturated carbocycles. The standard InChI is InChI=1S/C26H23N5O/c1-15-7-9-16(10-8-15)23-21-17-11-12-18(13-17)22(21)25-28-24-20(26(32)31(25)29-23)14-27-30(24)19-5-3-2-4-6-19/h2-10,14,17-18,21-22H,11-13H2,1H3/t17-,18+,21+,22-/m1/s1. The Morgan fingerprint density at radius 3 is 2.47 bits per heavy atom. The molecule has 2 bridgehead atoms. The Labute approximate surface area is 185 Å². The van der Waals surface area contributed by atoms with Crippen LogP contribution >= 0.6 is 0 Å². The van der Waals surface area contributed by atoms with Gasteiger partial charge in [-0.2, -0.15) is 14.9 Å². The molecule has 0 unspecified atom stereocenters. The molecule has 0 N–H and O–H groups in total. The third kappa shape index (κ3) is 2.40. The van der Waals surface area contributed by atoms with Gasteiger partial charge >= 0.3 is 0 Å². The molecule has 2 aromatic carbocycles. The molecule has 2 aliphatic carbocycles. The Morgan fingerprint density at radius 2 is 1.69 bits per heavy atom. The van der Waals surface area contributed by atoms with Crippen LogP contribution in [0.2, 0.25) is 0 Å². The maximum atomic E-state index is 13.6. The largest absolute Gasteiger partial charge is 0.285 e. The van der Waals surface area contributed by atoms with Crippen LogP contribution in [0.3, 0.4) is 0 Å². The third-order valence-electron chi connectivity index (χ3n) is 7.69. The zero-order chi connectivity index (χ0) is 21.4. The van der Waals surface area contributed by atoms with Gasteiger partial charge in [0.2, 0.25) is 0 Å². The van der Waals surface area contributed by atoms with Crippen LogP contribution in [0.5, 0.6) is 0 Å². The van der Waals surface area contributed by atoms with Gasteiger partial charge in [0.1, 0.15) is 11.2 Å². The van der Waals surface area contributed by atoms with Crippen molar-refractivity contribution in [3.05, 3.63) is 88.1 Å². The topological polar surface area (TPSA) is 65.1 Å². The molecule has 3 heterocycles. The molecule has 2 fully saturated rings. The molecule has 6 nitrogen and oxygen atoms in total. The van der Waals surface area contributed by atoms with Crippen LogP contribution in [-0.4, -0.2) is 25.2 Å². The number of hydrogen-bond donors (Lipinski definition) is 0. The molecule has 0 spiro atoms. The van der Waals surface area contributed by atoms with E-state index in [2.05, 4.69) is 36.3 Å². The van der Waals surface area contributed by atoms with Crippen LogP contribution in [-0.2, 0) is 0 Å². The van der Waals surface area contributed by atoms with Gasteiger partial charge in [-0.15, -0.1) is 0 Å². The second kappa shape index (κ2) is 6.48. The average Bonchev–Trinajstić information content (AvgIpc) is 3.55. The highest BCUT2D eigenvalue weighted by atomic mass is 16.1. The molecule has 158 valence electrons.